The zero-order chi connectivity index (χ0) is 20.1. The number of aromatic nitrogens is 2. The first-order valence-corrected chi connectivity index (χ1v) is 10.3. The number of ether oxygens (including phenoxy) is 1. The van der Waals surface area contributed by atoms with Crippen molar-refractivity contribution in [2.24, 2.45) is 5.92 Å². The van der Waals surface area contributed by atoms with Crippen molar-refractivity contribution < 1.29 is 14.9 Å². The minimum Gasteiger partial charge on any atom is -0.491 e. The molecule has 1 aliphatic heterocycles. The number of hydrogen-bond donors (Lipinski definition) is 3. The summed E-state index contributed by atoms with van der Waals surface area (Å²) in [7, 11) is 0. The van der Waals surface area contributed by atoms with Crippen LogP contribution in [0.1, 0.15) is 24.0 Å². The standard InChI is InChI=1S/C23H29N3O3/c27-15-21(28)16-29-22-5-1-3-19(11-22)14-26-8-2-4-18(13-26)9-17-6-7-23-20(10-17)12-24-25-23/h1,3,5-7,10-12,18,21,27-28H,2,4,8-9,13-16H2,(H,24,25)/t18-,21-/m0/s1. The molecular formula is C23H29N3O3. The number of H-pyrrole nitrogens is 1. The molecule has 2 heterocycles. The Bertz CT molecular complexity index is 926. The Kier molecular flexibility index (Phi) is 6.44. The van der Waals surface area contributed by atoms with E-state index in [1.807, 2.05) is 24.4 Å². The Morgan fingerprint density at radius 3 is 3.03 bits per heavy atom. The summed E-state index contributed by atoms with van der Waals surface area (Å²) in [5.41, 5.74) is 3.68. The lowest BCUT2D eigenvalue weighted by molar-refractivity contribution is 0.0535. The number of aliphatic hydroxyl groups is 2. The number of nitrogens with one attached hydrogen (secondary N) is 1. The number of aliphatic hydroxyl groups excluding tert-OH is 2. The maximum Gasteiger partial charge on any atom is 0.119 e. The van der Waals surface area contributed by atoms with E-state index in [1.54, 1.807) is 0 Å². The Morgan fingerprint density at radius 2 is 2.14 bits per heavy atom. The van der Waals surface area contributed by atoms with Gasteiger partial charge in [0.15, 0.2) is 0 Å². The van der Waals surface area contributed by atoms with E-state index >= 15 is 0 Å². The average Bonchev–Trinajstić information content (AvgIpc) is 3.20. The van der Waals surface area contributed by atoms with Crippen LogP contribution in [0.25, 0.3) is 10.9 Å². The number of likely N-dealkylation sites (tertiary alicyclic amines) is 1. The normalized spacial score (nSPS) is 18.8. The van der Waals surface area contributed by atoms with Gasteiger partial charge in [0.25, 0.3) is 0 Å². The van der Waals surface area contributed by atoms with Gasteiger partial charge in [0.1, 0.15) is 18.5 Å². The first-order chi connectivity index (χ1) is 14.2. The summed E-state index contributed by atoms with van der Waals surface area (Å²) < 4.78 is 5.58. The van der Waals surface area contributed by atoms with Crippen molar-refractivity contribution in [2.45, 2.75) is 31.9 Å². The summed E-state index contributed by atoms with van der Waals surface area (Å²) in [6, 6.07) is 14.6. The Balaban J connectivity index is 1.33. The molecule has 4 rings (SSSR count). The molecule has 0 spiro atoms. The van der Waals surface area contributed by atoms with Crippen LogP contribution in [0.2, 0.25) is 0 Å². The highest BCUT2D eigenvalue weighted by Gasteiger charge is 2.20. The van der Waals surface area contributed by atoms with Crippen molar-refractivity contribution in [2.75, 3.05) is 26.3 Å². The Hall–Kier alpha value is -2.41. The van der Waals surface area contributed by atoms with Crippen molar-refractivity contribution in [3.05, 3.63) is 59.8 Å². The number of piperidine rings is 1. The zero-order valence-electron chi connectivity index (χ0n) is 16.6. The second-order valence-electron chi connectivity index (χ2n) is 8.03. The molecular weight excluding hydrogens is 366 g/mol. The number of nitrogens with zero attached hydrogens (tertiary/aromatic N) is 2. The van der Waals surface area contributed by atoms with Gasteiger partial charge >= 0.3 is 0 Å². The smallest absolute Gasteiger partial charge is 0.119 e. The highest BCUT2D eigenvalue weighted by atomic mass is 16.5. The summed E-state index contributed by atoms with van der Waals surface area (Å²) in [4.78, 5) is 2.52. The first-order valence-electron chi connectivity index (χ1n) is 10.3. The maximum absolute atomic E-state index is 9.46. The van der Waals surface area contributed by atoms with E-state index in [0.717, 1.165) is 37.3 Å². The summed E-state index contributed by atoms with van der Waals surface area (Å²) in [5, 5.41) is 26.7. The van der Waals surface area contributed by atoms with E-state index in [2.05, 4.69) is 39.4 Å². The molecule has 1 aromatic heterocycles. The quantitative estimate of drug-likeness (QED) is 0.546. The fourth-order valence-electron chi connectivity index (χ4n) is 4.15. The molecule has 0 bridgehead atoms. The molecule has 6 heteroatoms. The highest BCUT2D eigenvalue weighted by Crippen LogP contribution is 2.24. The predicted octanol–water partition coefficient (Wildman–Crippen LogP) is 2.75. The van der Waals surface area contributed by atoms with E-state index in [4.69, 9.17) is 9.84 Å². The van der Waals surface area contributed by atoms with Crippen LogP contribution < -0.4 is 4.74 Å². The van der Waals surface area contributed by atoms with Crippen LogP contribution in [0.5, 0.6) is 5.75 Å². The van der Waals surface area contributed by atoms with E-state index in [1.165, 1.54) is 29.4 Å². The van der Waals surface area contributed by atoms with Crippen LogP contribution >= 0.6 is 0 Å². The van der Waals surface area contributed by atoms with Gasteiger partial charge in [-0.3, -0.25) is 10.00 Å². The third-order valence-corrected chi connectivity index (χ3v) is 5.59. The number of hydrogen-bond acceptors (Lipinski definition) is 5. The van der Waals surface area contributed by atoms with Crippen molar-refractivity contribution in [3.63, 3.8) is 0 Å². The van der Waals surface area contributed by atoms with Crippen molar-refractivity contribution >= 4 is 10.9 Å². The monoisotopic (exact) mass is 395 g/mol. The molecule has 0 saturated carbocycles. The average molecular weight is 396 g/mol. The molecule has 0 aliphatic carbocycles. The van der Waals surface area contributed by atoms with Crippen LogP contribution in [0.15, 0.2) is 48.7 Å². The van der Waals surface area contributed by atoms with Gasteiger partial charge in [-0.2, -0.15) is 5.10 Å². The van der Waals surface area contributed by atoms with Crippen molar-refractivity contribution in [1.29, 1.82) is 0 Å². The van der Waals surface area contributed by atoms with Gasteiger partial charge in [0.2, 0.25) is 0 Å². The third kappa shape index (κ3) is 5.35. The molecule has 1 aliphatic rings. The van der Waals surface area contributed by atoms with Crippen LogP contribution in [-0.4, -0.2) is 57.7 Å². The van der Waals surface area contributed by atoms with E-state index in [-0.39, 0.29) is 13.2 Å². The predicted molar refractivity (Wildman–Crippen MR) is 113 cm³/mol. The fourth-order valence-corrected chi connectivity index (χ4v) is 4.15. The molecule has 1 saturated heterocycles. The van der Waals surface area contributed by atoms with Gasteiger partial charge in [-0.05, 0) is 67.1 Å². The molecule has 29 heavy (non-hydrogen) atoms. The second-order valence-corrected chi connectivity index (χ2v) is 8.03. The van der Waals surface area contributed by atoms with E-state index in [9.17, 15) is 5.11 Å². The minimum absolute atomic E-state index is 0.104. The maximum atomic E-state index is 9.46. The zero-order valence-corrected chi connectivity index (χ0v) is 16.6. The lowest BCUT2D eigenvalue weighted by Crippen LogP contribution is -2.35. The van der Waals surface area contributed by atoms with Gasteiger partial charge in [-0.25, -0.2) is 0 Å². The fraction of sp³-hybridized carbons (Fsp3) is 0.435. The van der Waals surface area contributed by atoms with Crippen LogP contribution in [0.4, 0.5) is 0 Å². The van der Waals surface area contributed by atoms with Gasteiger partial charge in [-0.15, -0.1) is 0 Å². The molecule has 3 aromatic rings. The number of fused-ring (bicyclic) bond motifs is 1. The van der Waals surface area contributed by atoms with E-state index in [0.29, 0.717) is 5.92 Å². The van der Waals surface area contributed by atoms with Gasteiger partial charge in [-0.1, -0.05) is 18.2 Å². The van der Waals surface area contributed by atoms with Crippen molar-refractivity contribution in [3.8, 4) is 5.75 Å². The molecule has 154 valence electrons. The molecule has 3 N–H and O–H groups in total. The lowest BCUT2D eigenvalue weighted by Gasteiger charge is -2.33. The molecule has 6 nitrogen and oxygen atoms in total. The van der Waals surface area contributed by atoms with Crippen molar-refractivity contribution in [1.82, 2.24) is 15.1 Å². The molecule has 2 atom stereocenters. The second kappa shape index (κ2) is 9.39. The first kappa shape index (κ1) is 19.9. The van der Waals surface area contributed by atoms with E-state index < -0.39 is 6.10 Å². The largest absolute Gasteiger partial charge is 0.491 e. The van der Waals surface area contributed by atoms with Crippen LogP contribution in [0.3, 0.4) is 0 Å². The number of aromatic amines is 1. The third-order valence-electron chi connectivity index (χ3n) is 5.59. The molecule has 2 aromatic carbocycles. The highest BCUT2D eigenvalue weighted by molar-refractivity contribution is 5.78. The summed E-state index contributed by atoms with van der Waals surface area (Å²) in [6.07, 6.45) is 4.63. The summed E-state index contributed by atoms with van der Waals surface area (Å²) in [6.45, 7) is 2.93. The number of rotatable bonds is 8. The topological polar surface area (TPSA) is 81.6 Å². The van der Waals surface area contributed by atoms with Gasteiger partial charge in [0.05, 0.1) is 18.3 Å². The lowest BCUT2D eigenvalue weighted by atomic mass is 9.90. The Labute approximate surface area is 171 Å². The summed E-state index contributed by atoms with van der Waals surface area (Å²) in [5.74, 6) is 1.39. The number of benzene rings is 2. The van der Waals surface area contributed by atoms with Gasteiger partial charge < -0.3 is 14.9 Å². The molecule has 0 unspecified atom stereocenters. The van der Waals surface area contributed by atoms with Crippen LogP contribution in [0, 0.1) is 5.92 Å². The van der Waals surface area contributed by atoms with Crippen LogP contribution in [-0.2, 0) is 13.0 Å². The van der Waals surface area contributed by atoms with Gasteiger partial charge in [0, 0.05) is 18.5 Å². The SMILES string of the molecule is OC[C@H](O)COc1cccc(CN2CCC[C@@H](Cc3ccc4[nH]ncc4c3)C2)c1. The molecule has 0 amide bonds. The molecule has 1 fully saturated rings. The summed E-state index contributed by atoms with van der Waals surface area (Å²) >= 11 is 0. The molecule has 0 radical (unpaired) electrons. The Morgan fingerprint density at radius 1 is 1.21 bits per heavy atom. The minimum atomic E-state index is -0.845.